The maximum atomic E-state index is 12.8. The third kappa shape index (κ3) is 4.21. The van der Waals surface area contributed by atoms with E-state index in [-0.39, 0.29) is 29.7 Å². The van der Waals surface area contributed by atoms with Crippen LogP contribution < -0.4 is 19.7 Å². The molecule has 2 amide bonds. The highest BCUT2D eigenvalue weighted by atomic mass is 32.2. The molecule has 0 radical (unpaired) electrons. The molecule has 0 spiro atoms. The minimum absolute atomic E-state index is 0.0654. The van der Waals surface area contributed by atoms with Gasteiger partial charge in [-0.1, -0.05) is 6.07 Å². The first-order chi connectivity index (χ1) is 14.8. The van der Waals surface area contributed by atoms with E-state index in [1.54, 1.807) is 35.2 Å². The summed E-state index contributed by atoms with van der Waals surface area (Å²) in [5.41, 5.74) is 1.00. The molecular weight excluding hydrogens is 422 g/mol. The van der Waals surface area contributed by atoms with Crippen molar-refractivity contribution in [1.29, 1.82) is 0 Å². The third-order valence-corrected chi connectivity index (χ3v) is 7.02. The highest BCUT2D eigenvalue weighted by molar-refractivity contribution is 7.89. The SMILES string of the molecule is CN(C)S(=O)(=O)c1cccc(NC(=O)C2CC(=O)N(c3ccc4c(c3)OCCO4)C2)c1. The maximum absolute atomic E-state index is 12.8. The van der Waals surface area contributed by atoms with Crippen LogP contribution in [0.15, 0.2) is 47.4 Å². The molecular formula is C21H23N3O6S. The van der Waals surface area contributed by atoms with Gasteiger partial charge in [0.25, 0.3) is 0 Å². The number of ether oxygens (including phenoxy) is 2. The Hall–Kier alpha value is -3.11. The van der Waals surface area contributed by atoms with E-state index in [4.69, 9.17) is 9.47 Å². The van der Waals surface area contributed by atoms with Gasteiger partial charge in [-0.2, -0.15) is 0 Å². The number of fused-ring (bicyclic) bond motifs is 1. The number of amides is 2. The minimum atomic E-state index is -3.62. The Bertz CT molecular complexity index is 1130. The van der Waals surface area contributed by atoms with Crippen molar-refractivity contribution in [3.05, 3.63) is 42.5 Å². The molecule has 9 nitrogen and oxygen atoms in total. The van der Waals surface area contributed by atoms with E-state index in [9.17, 15) is 18.0 Å². The average molecular weight is 445 g/mol. The van der Waals surface area contributed by atoms with Gasteiger partial charge >= 0.3 is 0 Å². The van der Waals surface area contributed by atoms with Crippen LogP contribution >= 0.6 is 0 Å². The molecule has 1 fully saturated rings. The Morgan fingerprint density at radius 2 is 1.84 bits per heavy atom. The Kier molecular flexibility index (Phi) is 5.59. The smallest absolute Gasteiger partial charge is 0.242 e. The normalized spacial score (nSPS) is 18.4. The molecule has 2 aromatic carbocycles. The molecule has 0 saturated carbocycles. The second-order valence-corrected chi connectivity index (χ2v) is 9.69. The van der Waals surface area contributed by atoms with Crippen molar-refractivity contribution in [1.82, 2.24) is 4.31 Å². The molecule has 1 N–H and O–H groups in total. The average Bonchev–Trinajstić information content (AvgIpc) is 3.15. The third-order valence-electron chi connectivity index (χ3n) is 5.21. The van der Waals surface area contributed by atoms with E-state index in [2.05, 4.69) is 5.32 Å². The van der Waals surface area contributed by atoms with Crippen LogP contribution in [0.4, 0.5) is 11.4 Å². The van der Waals surface area contributed by atoms with Crippen LogP contribution in [-0.4, -0.2) is 58.4 Å². The zero-order valence-electron chi connectivity index (χ0n) is 17.2. The van der Waals surface area contributed by atoms with Crippen LogP contribution in [-0.2, 0) is 19.6 Å². The first-order valence-electron chi connectivity index (χ1n) is 9.79. The van der Waals surface area contributed by atoms with Crippen LogP contribution in [0.2, 0.25) is 0 Å². The fourth-order valence-corrected chi connectivity index (χ4v) is 4.47. The van der Waals surface area contributed by atoms with Gasteiger partial charge in [0.2, 0.25) is 21.8 Å². The van der Waals surface area contributed by atoms with Crippen molar-refractivity contribution in [2.75, 3.05) is 44.1 Å². The minimum Gasteiger partial charge on any atom is -0.486 e. The molecule has 31 heavy (non-hydrogen) atoms. The largest absolute Gasteiger partial charge is 0.486 e. The monoisotopic (exact) mass is 445 g/mol. The fraction of sp³-hybridized carbons (Fsp3) is 0.333. The van der Waals surface area contributed by atoms with Gasteiger partial charge in [-0.3, -0.25) is 9.59 Å². The summed E-state index contributed by atoms with van der Waals surface area (Å²) in [4.78, 5) is 27.0. The van der Waals surface area contributed by atoms with Crippen LogP contribution in [0, 0.1) is 5.92 Å². The molecule has 1 unspecified atom stereocenters. The standard InChI is InChI=1S/C21H23N3O6S/c1-23(2)31(27,28)17-5-3-4-15(11-17)22-21(26)14-10-20(25)24(13-14)16-6-7-18-19(12-16)30-9-8-29-18/h3-7,11-12,14H,8-10,13H2,1-2H3,(H,22,26). The van der Waals surface area contributed by atoms with Crippen molar-refractivity contribution in [2.24, 2.45) is 5.92 Å². The van der Waals surface area contributed by atoms with E-state index < -0.39 is 15.9 Å². The summed E-state index contributed by atoms with van der Waals surface area (Å²) in [5, 5.41) is 2.73. The van der Waals surface area contributed by atoms with Crippen molar-refractivity contribution in [3.8, 4) is 11.5 Å². The second kappa shape index (κ2) is 8.20. The van der Waals surface area contributed by atoms with E-state index in [1.807, 2.05) is 0 Å². The van der Waals surface area contributed by atoms with Gasteiger partial charge in [0.1, 0.15) is 13.2 Å². The first kappa shape index (κ1) is 21.1. The van der Waals surface area contributed by atoms with E-state index in [0.717, 1.165) is 4.31 Å². The molecule has 2 aromatic rings. The Labute approximate surface area is 180 Å². The fourth-order valence-electron chi connectivity index (χ4n) is 3.52. The quantitative estimate of drug-likeness (QED) is 0.751. The lowest BCUT2D eigenvalue weighted by Gasteiger charge is -2.22. The number of benzene rings is 2. The van der Waals surface area contributed by atoms with Gasteiger partial charge in [0.05, 0.1) is 10.8 Å². The van der Waals surface area contributed by atoms with Crippen LogP contribution in [0.1, 0.15) is 6.42 Å². The Morgan fingerprint density at radius 3 is 2.58 bits per heavy atom. The number of nitrogens with one attached hydrogen (secondary N) is 1. The van der Waals surface area contributed by atoms with Gasteiger partial charge in [-0.15, -0.1) is 0 Å². The van der Waals surface area contributed by atoms with Gasteiger partial charge < -0.3 is 19.7 Å². The molecule has 10 heteroatoms. The number of rotatable bonds is 5. The van der Waals surface area contributed by atoms with E-state index >= 15 is 0 Å². The molecule has 0 aliphatic carbocycles. The summed E-state index contributed by atoms with van der Waals surface area (Å²) < 4.78 is 36.8. The van der Waals surface area contributed by atoms with E-state index in [1.165, 1.54) is 26.2 Å². The maximum Gasteiger partial charge on any atom is 0.242 e. The summed E-state index contributed by atoms with van der Waals surface area (Å²) in [6.45, 7) is 1.15. The van der Waals surface area contributed by atoms with Crippen LogP contribution in [0.3, 0.4) is 0 Å². The predicted molar refractivity (Wildman–Crippen MR) is 114 cm³/mol. The number of nitrogens with zero attached hydrogens (tertiary/aromatic N) is 2. The Morgan fingerprint density at radius 1 is 1.10 bits per heavy atom. The molecule has 0 aromatic heterocycles. The predicted octanol–water partition coefficient (Wildman–Crippen LogP) is 1.70. The summed E-state index contributed by atoms with van der Waals surface area (Å²) in [6, 6.07) is 11.3. The number of hydrogen-bond acceptors (Lipinski definition) is 6. The lowest BCUT2D eigenvalue weighted by molar-refractivity contribution is -0.122. The highest BCUT2D eigenvalue weighted by Gasteiger charge is 2.35. The van der Waals surface area contributed by atoms with Crippen LogP contribution in [0.25, 0.3) is 0 Å². The Balaban J connectivity index is 1.47. The van der Waals surface area contributed by atoms with Gasteiger partial charge in [-0.25, -0.2) is 12.7 Å². The molecule has 1 atom stereocenters. The number of anilines is 2. The zero-order chi connectivity index (χ0) is 22.2. The molecule has 1 saturated heterocycles. The van der Waals surface area contributed by atoms with Gasteiger partial charge in [0, 0.05) is 44.5 Å². The number of carbonyl (C=O) groups excluding carboxylic acids is 2. The van der Waals surface area contributed by atoms with Gasteiger partial charge in [0.15, 0.2) is 11.5 Å². The lowest BCUT2D eigenvalue weighted by Crippen LogP contribution is -2.28. The second-order valence-electron chi connectivity index (χ2n) is 7.54. The van der Waals surface area contributed by atoms with E-state index in [0.29, 0.717) is 36.1 Å². The molecule has 4 rings (SSSR count). The summed E-state index contributed by atoms with van der Waals surface area (Å²) >= 11 is 0. The molecule has 2 aliphatic heterocycles. The van der Waals surface area contributed by atoms with Crippen LogP contribution in [0.5, 0.6) is 11.5 Å². The summed E-state index contributed by atoms with van der Waals surface area (Å²) in [7, 11) is -0.735. The first-order valence-corrected chi connectivity index (χ1v) is 11.2. The molecule has 164 valence electrons. The summed E-state index contributed by atoms with van der Waals surface area (Å²) in [5.74, 6) is 0.134. The number of hydrogen-bond donors (Lipinski definition) is 1. The number of carbonyl (C=O) groups is 2. The lowest BCUT2D eigenvalue weighted by atomic mass is 10.1. The van der Waals surface area contributed by atoms with Crippen molar-refractivity contribution >= 4 is 33.2 Å². The molecule has 2 aliphatic rings. The van der Waals surface area contributed by atoms with Crippen molar-refractivity contribution in [2.45, 2.75) is 11.3 Å². The zero-order valence-corrected chi connectivity index (χ0v) is 18.0. The highest BCUT2D eigenvalue weighted by Crippen LogP contribution is 2.36. The molecule has 2 heterocycles. The number of sulfonamides is 1. The molecule has 0 bridgehead atoms. The topological polar surface area (TPSA) is 105 Å². The van der Waals surface area contributed by atoms with Crippen molar-refractivity contribution in [3.63, 3.8) is 0 Å². The summed E-state index contributed by atoms with van der Waals surface area (Å²) in [6.07, 6.45) is 0.0654. The van der Waals surface area contributed by atoms with Crippen molar-refractivity contribution < 1.29 is 27.5 Å². The van der Waals surface area contributed by atoms with Gasteiger partial charge in [-0.05, 0) is 30.3 Å².